The second-order valence-corrected chi connectivity index (χ2v) is 9.68. The normalized spacial score (nSPS) is 14.0. The van der Waals surface area contributed by atoms with Crippen molar-refractivity contribution in [3.63, 3.8) is 0 Å². The molecule has 170 valence electrons. The average molecular weight is 458 g/mol. The van der Waals surface area contributed by atoms with Crippen LogP contribution in [0.5, 0.6) is 0 Å². The van der Waals surface area contributed by atoms with Gasteiger partial charge in [0.1, 0.15) is 5.54 Å². The molecule has 2 rings (SSSR count). The second-order valence-electron chi connectivity index (χ2n) is 8.00. The lowest BCUT2D eigenvalue weighted by Gasteiger charge is -2.28. The number of amides is 1. The largest absolute Gasteiger partial charge is 0.449 e. The summed E-state index contributed by atoms with van der Waals surface area (Å²) in [5.41, 5.74) is 0.411. The number of hydrogen-bond donors (Lipinski definition) is 2. The van der Waals surface area contributed by atoms with Gasteiger partial charge in [0.25, 0.3) is 15.9 Å². The third kappa shape index (κ3) is 6.08. The van der Waals surface area contributed by atoms with E-state index in [9.17, 15) is 23.3 Å². The monoisotopic (exact) mass is 457 g/mol. The van der Waals surface area contributed by atoms with Crippen LogP contribution >= 0.6 is 0 Å². The molecule has 0 saturated heterocycles. The maximum absolute atomic E-state index is 12.5. The van der Waals surface area contributed by atoms with Gasteiger partial charge in [-0.05, 0) is 63.1 Å². The van der Waals surface area contributed by atoms with Crippen LogP contribution in [-0.2, 0) is 19.6 Å². The molecule has 8 nitrogen and oxygen atoms in total. The van der Waals surface area contributed by atoms with Crippen LogP contribution in [-0.4, -0.2) is 31.9 Å². The molecule has 0 radical (unpaired) electrons. The first-order valence-corrected chi connectivity index (χ1v) is 11.5. The van der Waals surface area contributed by atoms with Gasteiger partial charge in [0, 0.05) is 5.69 Å². The van der Waals surface area contributed by atoms with Crippen LogP contribution < -0.4 is 10.0 Å². The average Bonchev–Trinajstić information content (AvgIpc) is 2.74. The Morgan fingerprint density at radius 1 is 1.03 bits per heavy atom. The highest BCUT2D eigenvalue weighted by Crippen LogP contribution is 2.18. The summed E-state index contributed by atoms with van der Waals surface area (Å²) in [6.07, 6.45) is -1.14. The zero-order valence-corrected chi connectivity index (χ0v) is 19.5. The molecule has 2 N–H and O–H groups in total. The van der Waals surface area contributed by atoms with E-state index in [-0.39, 0.29) is 16.4 Å². The van der Waals surface area contributed by atoms with Crippen LogP contribution in [0.1, 0.15) is 43.6 Å². The lowest BCUT2D eigenvalue weighted by Crippen LogP contribution is -2.52. The molecule has 32 heavy (non-hydrogen) atoms. The Bertz CT molecular complexity index is 1120. The third-order valence-corrected chi connectivity index (χ3v) is 6.52. The van der Waals surface area contributed by atoms with Gasteiger partial charge in [0.05, 0.1) is 16.5 Å². The zero-order chi connectivity index (χ0) is 24.1. The molecule has 9 heteroatoms. The Balaban J connectivity index is 2.05. The molecule has 0 fully saturated rings. The van der Waals surface area contributed by atoms with Gasteiger partial charge in [0.15, 0.2) is 6.10 Å². The van der Waals surface area contributed by atoms with E-state index in [1.54, 1.807) is 45.0 Å². The molecule has 0 aromatic heterocycles. The molecule has 0 spiro atoms. The molecule has 0 aliphatic heterocycles. The van der Waals surface area contributed by atoms with E-state index in [4.69, 9.17) is 4.74 Å². The number of aryl methyl sites for hydroxylation is 1. The van der Waals surface area contributed by atoms with Crippen molar-refractivity contribution in [1.29, 1.82) is 5.26 Å². The molecular formula is C23H27N3O5S. The van der Waals surface area contributed by atoms with Crippen LogP contribution in [0.4, 0.5) is 5.69 Å². The summed E-state index contributed by atoms with van der Waals surface area (Å²) in [7, 11) is -3.83. The first-order valence-electron chi connectivity index (χ1n) is 10.0. The number of hydrogen-bond acceptors (Lipinski definition) is 6. The van der Waals surface area contributed by atoms with E-state index in [2.05, 4.69) is 16.1 Å². The highest BCUT2D eigenvalue weighted by molar-refractivity contribution is 7.92. The zero-order valence-electron chi connectivity index (χ0n) is 18.7. The van der Waals surface area contributed by atoms with E-state index >= 15 is 0 Å². The number of nitriles is 1. The first kappa shape index (κ1) is 24.9. The SMILES string of the molecule is Cc1ccc(NS(=O)(=O)c2ccc(C(=O)OC(C)C(=O)NC(C)(C#N)C(C)C)cc2)cc1. The van der Waals surface area contributed by atoms with Crippen molar-refractivity contribution in [3.8, 4) is 6.07 Å². The number of benzene rings is 2. The minimum absolute atomic E-state index is 0.0258. The molecule has 2 unspecified atom stereocenters. The number of nitrogens with zero attached hydrogens (tertiary/aromatic N) is 1. The van der Waals surface area contributed by atoms with Gasteiger partial charge in [-0.2, -0.15) is 5.26 Å². The Hall–Kier alpha value is -3.38. The van der Waals surface area contributed by atoms with E-state index < -0.39 is 33.5 Å². The van der Waals surface area contributed by atoms with Crippen molar-refractivity contribution in [2.45, 2.75) is 51.2 Å². The number of esters is 1. The van der Waals surface area contributed by atoms with Gasteiger partial charge in [-0.3, -0.25) is 9.52 Å². The molecule has 2 aromatic rings. The number of sulfonamides is 1. The Morgan fingerprint density at radius 3 is 2.09 bits per heavy atom. The molecule has 0 aliphatic carbocycles. The van der Waals surface area contributed by atoms with Crippen LogP contribution in [0, 0.1) is 24.2 Å². The minimum Gasteiger partial charge on any atom is -0.449 e. The number of ether oxygens (including phenoxy) is 1. The predicted octanol–water partition coefficient (Wildman–Crippen LogP) is 3.40. The molecule has 2 atom stereocenters. The summed E-state index contributed by atoms with van der Waals surface area (Å²) in [5.74, 6) is -1.54. The minimum atomic E-state index is -3.83. The van der Waals surface area contributed by atoms with Crippen molar-refractivity contribution in [2.24, 2.45) is 5.92 Å². The summed E-state index contributed by atoms with van der Waals surface area (Å²) in [4.78, 5) is 24.7. The first-order chi connectivity index (χ1) is 14.9. The fourth-order valence-electron chi connectivity index (χ4n) is 2.55. The predicted molar refractivity (Wildman–Crippen MR) is 120 cm³/mol. The van der Waals surface area contributed by atoms with E-state index in [0.717, 1.165) is 5.56 Å². The summed E-state index contributed by atoms with van der Waals surface area (Å²) in [6, 6.07) is 14.1. The van der Waals surface area contributed by atoms with Gasteiger partial charge in [-0.15, -0.1) is 0 Å². The molecule has 1 amide bonds. The fourth-order valence-corrected chi connectivity index (χ4v) is 3.61. The van der Waals surface area contributed by atoms with E-state index in [0.29, 0.717) is 5.69 Å². The number of anilines is 1. The van der Waals surface area contributed by atoms with Crippen LogP contribution in [0.2, 0.25) is 0 Å². The molecular weight excluding hydrogens is 430 g/mol. The highest BCUT2D eigenvalue weighted by atomic mass is 32.2. The Morgan fingerprint density at radius 2 is 1.59 bits per heavy atom. The van der Waals surface area contributed by atoms with Crippen LogP contribution in [0.3, 0.4) is 0 Å². The summed E-state index contributed by atoms with van der Waals surface area (Å²) in [6.45, 7) is 8.48. The number of carbonyl (C=O) groups is 2. The molecule has 0 saturated carbocycles. The van der Waals surface area contributed by atoms with E-state index in [1.165, 1.54) is 31.2 Å². The summed E-state index contributed by atoms with van der Waals surface area (Å²) < 4.78 is 32.7. The van der Waals surface area contributed by atoms with Gasteiger partial charge < -0.3 is 10.1 Å². The van der Waals surface area contributed by atoms with Crippen molar-refractivity contribution >= 4 is 27.6 Å². The van der Waals surface area contributed by atoms with Crippen molar-refractivity contribution in [1.82, 2.24) is 5.32 Å². The maximum atomic E-state index is 12.5. The van der Waals surface area contributed by atoms with Gasteiger partial charge in [0.2, 0.25) is 0 Å². The molecule has 0 aliphatic rings. The van der Waals surface area contributed by atoms with Gasteiger partial charge in [-0.1, -0.05) is 31.5 Å². The lowest BCUT2D eigenvalue weighted by atomic mass is 9.90. The second kappa shape index (κ2) is 9.83. The third-order valence-electron chi connectivity index (χ3n) is 5.13. The topological polar surface area (TPSA) is 125 Å². The Labute approximate surface area is 188 Å². The van der Waals surface area contributed by atoms with Crippen molar-refractivity contribution in [3.05, 3.63) is 59.7 Å². The number of carbonyl (C=O) groups excluding carboxylic acids is 2. The van der Waals surface area contributed by atoms with Gasteiger partial charge >= 0.3 is 5.97 Å². The maximum Gasteiger partial charge on any atom is 0.338 e. The summed E-state index contributed by atoms with van der Waals surface area (Å²) in [5, 5.41) is 11.9. The van der Waals surface area contributed by atoms with Gasteiger partial charge in [-0.25, -0.2) is 13.2 Å². The summed E-state index contributed by atoms with van der Waals surface area (Å²) >= 11 is 0. The standard InChI is InChI=1S/C23H27N3O5S/c1-15(2)23(5,14-24)25-21(27)17(4)31-22(28)18-8-12-20(13-9-18)32(29,30)26-19-10-6-16(3)7-11-19/h6-13,15,17,26H,1-5H3,(H,25,27). The quantitative estimate of drug-likeness (QED) is 0.585. The Kier molecular flexibility index (Phi) is 7.65. The molecule has 0 bridgehead atoms. The molecule has 0 heterocycles. The number of rotatable bonds is 8. The highest BCUT2D eigenvalue weighted by Gasteiger charge is 2.32. The van der Waals surface area contributed by atoms with Crippen LogP contribution in [0.15, 0.2) is 53.4 Å². The van der Waals surface area contributed by atoms with Crippen molar-refractivity contribution in [2.75, 3.05) is 4.72 Å². The fraction of sp³-hybridized carbons (Fsp3) is 0.348. The molecule has 2 aromatic carbocycles. The van der Waals surface area contributed by atoms with Crippen molar-refractivity contribution < 1.29 is 22.7 Å². The lowest BCUT2D eigenvalue weighted by molar-refractivity contribution is -0.130. The number of nitrogens with one attached hydrogen (secondary N) is 2. The van der Waals surface area contributed by atoms with Crippen LogP contribution in [0.25, 0.3) is 0 Å². The smallest absolute Gasteiger partial charge is 0.338 e. The van der Waals surface area contributed by atoms with E-state index in [1.807, 2.05) is 6.92 Å².